The van der Waals surface area contributed by atoms with Crippen molar-refractivity contribution < 1.29 is 24.0 Å². The molecule has 0 aliphatic rings. The molecular weight excluding hydrogens is 504 g/mol. The molecule has 0 saturated heterocycles. The summed E-state index contributed by atoms with van der Waals surface area (Å²) in [5.41, 5.74) is 0.840. The van der Waals surface area contributed by atoms with E-state index < -0.39 is 41.9 Å². The van der Waals surface area contributed by atoms with Crippen molar-refractivity contribution in [2.45, 2.75) is 84.5 Å². The van der Waals surface area contributed by atoms with Crippen LogP contribution in [-0.4, -0.2) is 66.1 Å². The summed E-state index contributed by atoms with van der Waals surface area (Å²) >= 11 is 1.55. The lowest BCUT2D eigenvalue weighted by Gasteiger charge is -2.29. The van der Waals surface area contributed by atoms with Gasteiger partial charge in [-0.15, -0.1) is 0 Å². The first-order valence-corrected chi connectivity index (χ1v) is 14.6. The highest BCUT2D eigenvalue weighted by Gasteiger charge is 2.32. The van der Waals surface area contributed by atoms with Crippen LogP contribution in [0, 0.1) is 11.8 Å². The van der Waals surface area contributed by atoms with Crippen LogP contribution in [0.3, 0.4) is 0 Å². The van der Waals surface area contributed by atoms with Crippen molar-refractivity contribution in [2.75, 3.05) is 12.0 Å². The molecule has 4 amide bonds. The van der Waals surface area contributed by atoms with Gasteiger partial charge in [0, 0.05) is 6.42 Å². The number of thioether (sulfide) groups is 1. The highest BCUT2D eigenvalue weighted by Crippen LogP contribution is 2.12. The zero-order valence-corrected chi connectivity index (χ0v) is 24.2. The van der Waals surface area contributed by atoms with Crippen molar-refractivity contribution >= 4 is 41.7 Å². The molecule has 9 nitrogen and oxygen atoms in total. The van der Waals surface area contributed by atoms with E-state index in [-0.39, 0.29) is 24.0 Å². The molecule has 0 saturated carbocycles. The molecule has 0 bridgehead atoms. The van der Waals surface area contributed by atoms with E-state index >= 15 is 0 Å². The fourth-order valence-corrected chi connectivity index (χ4v) is 4.43. The second kappa shape index (κ2) is 17.6. The highest BCUT2D eigenvalue weighted by molar-refractivity contribution is 7.98. The van der Waals surface area contributed by atoms with E-state index in [9.17, 15) is 24.0 Å². The Hall–Kier alpha value is -2.88. The first-order chi connectivity index (χ1) is 18.0. The van der Waals surface area contributed by atoms with Crippen molar-refractivity contribution in [2.24, 2.45) is 11.8 Å². The van der Waals surface area contributed by atoms with E-state index in [0.29, 0.717) is 31.4 Å². The molecule has 0 aliphatic heterocycles. The number of rotatable bonds is 18. The Morgan fingerprint density at radius 1 is 0.895 bits per heavy atom. The topological polar surface area (TPSA) is 133 Å². The van der Waals surface area contributed by atoms with Gasteiger partial charge in [0.2, 0.25) is 24.1 Å². The minimum Gasteiger partial charge on any atom is -0.347 e. The molecule has 1 rings (SSSR count). The maximum atomic E-state index is 13.5. The van der Waals surface area contributed by atoms with Gasteiger partial charge in [-0.05, 0) is 49.2 Å². The predicted molar refractivity (Wildman–Crippen MR) is 152 cm³/mol. The number of Topliss-reactive ketones (excluding diaryl/α,β-unsaturated/α-hetero) is 1. The predicted octanol–water partition coefficient (Wildman–Crippen LogP) is 2.23. The van der Waals surface area contributed by atoms with Crippen LogP contribution < -0.4 is 21.3 Å². The Bertz CT molecular complexity index is 912. The minimum atomic E-state index is -0.956. The van der Waals surface area contributed by atoms with E-state index in [1.54, 1.807) is 11.8 Å². The van der Waals surface area contributed by atoms with Crippen LogP contribution in [0.4, 0.5) is 0 Å². The number of benzene rings is 1. The van der Waals surface area contributed by atoms with Gasteiger partial charge in [-0.3, -0.25) is 24.0 Å². The molecule has 38 heavy (non-hydrogen) atoms. The van der Waals surface area contributed by atoms with Crippen LogP contribution in [0.25, 0.3) is 0 Å². The maximum Gasteiger partial charge on any atom is 0.243 e. The lowest BCUT2D eigenvalue weighted by Crippen LogP contribution is -2.59. The minimum absolute atomic E-state index is 0.152. The first kappa shape index (κ1) is 33.1. The van der Waals surface area contributed by atoms with Crippen molar-refractivity contribution in [3.8, 4) is 0 Å². The SMILES string of the molecule is CCC(C)C(NC(=O)C(CCSC)NC=O)C(=O)NC(Cc1ccccc1)C(=O)NC(CC(C)C)C(C)=O. The Morgan fingerprint density at radius 2 is 1.50 bits per heavy atom. The number of hydrogen-bond donors (Lipinski definition) is 4. The molecule has 4 N–H and O–H groups in total. The van der Waals surface area contributed by atoms with Gasteiger partial charge >= 0.3 is 0 Å². The summed E-state index contributed by atoms with van der Waals surface area (Å²) in [5.74, 6) is -0.950. The summed E-state index contributed by atoms with van der Waals surface area (Å²) < 4.78 is 0. The number of hydrogen-bond acceptors (Lipinski definition) is 6. The van der Waals surface area contributed by atoms with Crippen LogP contribution >= 0.6 is 11.8 Å². The molecule has 0 heterocycles. The van der Waals surface area contributed by atoms with Crippen molar-refractivity contribution in [1.29, 1.82) is 0 Å². The molecule has 0 aromatic heterocycles. The standard InChI is InChI=1S/C28H44N4O5S/c1-7-19(4)25(32-26(35)22(29-17-33)13-14-38-6)28(37)31-24(16-21-11-9-8-10-12-21)27(36)30-23(20(5)34)15-18(2)3/h8-12,17-19,22-25H,7,13-16H2,1-6H3,(H,29,33)(H,30,36)(H,31,37)(H,32,35). The molecule has 0 radical (unpaired) electrons. The molecule has 212 valence electrons. The maximum absolute atomic E-state index is 13.5. The third-order valence-electron chi connectivity index (χ3n) is 6.42. The summed E-state index contributed by atoms with van der Waals surface area (Å²) in [6.45, 7) is 9.12. The van der Waals surface area contributed by atoms with Crippen LogP contribution in [-0.2, 0) is 30.4 Å². The number of nitrogens with one attached hydrogen (secondary N) is 4. The van der Waals surface area contributed by atoms with Gasteiger partial charge in [0.05, 0.1) is 6.04 Å². The zero-order chi connectivity index (χ0) is 28.7. The van der Waals surface area contributed by atoms with Gasteiger partial charge in [-0.25, -0.2) is 0 Å². The molecule has 1 aromatic carbocycles. The largest absolute Gasteiger partial charge is 0.347 e. The molecule has 5 atom stereocenters. The van der Waals surface area contributed by atoms with E-state index in [1.807, 2.05) is 64.3 Å². The lowest BCUT2D eigenvalue weighted by molar-refractivity contribution is -0.134. The first-order valence-electron chi connectivity index (χ1n) is 13.2. The van der Waals surface area contributed by atoms with Crippen LogP contribution in [0.15, 0.2) is 30.3 Å². The number of carbonyl (C=O) groups excluding carboxylic acids is 5. The summed E-state index contributed by atoms with van der Waals surface area (Å²) in [6.07, 6.45) is 4.11. The molecule has 1 aromatic rings. The third-order valence-corrected chi connectivity index (χ3v) is 7.06. The van der Waals surface area contributed by atoms with Crippen LogP contribution in [0.5, 0.6) is 0 Å². The van der Waals surface area contributed by atoms with Crippen molar-refractivity contribution in [3.63, 3.8) is 0 Å². The number of ketones is 1. The number of carbonyl (C=O) groups is 5. The second-order valence-corrected chi connectivity index (χ2v) is 11.0. The monoisotopic (exact) mass is 548 g/mol. The van der Waals surface area contributed by atoms with Crippen molar-refractivity contribution in [1.82, 2.24) is 21.3 Å². The second-order valence-electron chi connectivity index (χ2n) is 10.0. The van der Waals surface area contributed by atoms with Crippen LogP contribution in [0.1, 0.15) is 59.4 Å². The summed E-state index contributed by atoms with van der Waals surface area (Å²) in [7, 11) is 0. The van der Waals surface area contributed by atoms with Gasteiger partial charge in [-0.2, -0.15) is 11.8 Å². The molecule has 5 unspecified atom stereocenters. The lowest BCUT2D eigenvalue weighted by atomic mass is 9.96. The Morgan fingerprint density at radius 3 is 2.03 bits per heavy atom. The molecule has 0 spiro atoms. The normalized spacial score (nSPS) is 14.9. The fourth-order valence-electron chi connectivity index (χ4n) is 3.95. The van der Waals surface area contributed by atoms with E-state index in [0.717, 1.165) is 5.56 Å². The summed E-state index contributed by atoms with van der Waals surface area (Å²) in [6, 6.07) is 5.98. The molecule has 10 heteroatoms. The molecule has 0 fully saturated rings. The smallest absolute Gasteiger partial charge is 0.243 e. The average Bonchev–Trinajstić information content (AvgIpc) is 2.88. The van der Waals surface area contributed by atoms with E-state index in [4.69, 9.17) is 0 Å². The Labute approximate surface area is 231 Å². The molecular formula is C28H44N4O5S. The Kier molecular flexibility index (Phi) is 15.3. The van der Waals surface area contributed by atoms with Gasteiger partial charge in [-0.1, -0.05) is 64.4 Å². The average molecular weight is 549 g/mol. The Balaban J connectivity index is 3.17. The van der Waals surface area contributed by atoms with Crippen LogP contribution in [0.2, 0.25) is 0 Å². The van der Waals surface area contributed by atoms with Crippen molar-refractivity contribution in [3.05, 3.63) is 35.9 Å². The van der Waals surface area contributed by atoms with Gasteiger partial charge in [0.15, 0.2) is 5.78 Å². The van der Waals surface area contributed by atoms with E-state index in [2.05, 4.69) is 21.3 Å². The third kappa shape index (κ3) is 11.7. The fraction of sp³-hybridized carbons (Fsp3) is 0.607. The molecule has 0 aliphatic carbocycles. The summed E-state index contributed by atoms with van der Waals surface area (Å²) in [5, 5.41) is 11.0. The highest BCUT2D eigenvalue weighted by atomic mass is 32.2. The van der Waals surface area contributed by atoms with Gasteiger partial charge in [0.1, 0.15) is 18.1 Å². The number of amides is 4. The summed E-state index contributed by atoms with van der Waals surface area (Å²) in [4.78, 5) is 63.1. The quantitative estimate of drug-likeness (QED) is 0.208. The zero-order valence-electron chi connectivity index (χ0n) is 23.4. The van der Waals surface area contributed by atoms with E-state index in [1.165, 1.54) is 6.92 Å². The van der Waals surface area contributed by atoms with Gasteiger partial charge < -0.3 is 21.3 Å². The van der Waals surface area contributed by atoms with Gasteiger partial charge in [0.25, 0.3) is 0 Å².